The molecule has 9 heteroatoms. The van der Waals surface area contributed by atoms with Gasteiger partial charge in [-0.3, -0.25) is 0 Å². The molecular formula is C19H15ClF2N4OS. The first-order valence-electron chi connectivity index (χ1n) is 8.59. The Morgan fingerprint density at radius 3 is 2.75 bits per heavy atom. The molecule has 28 heavy (non-hydrogen) atoms. The molecule has 0 unspecified atom stereocenters. The first-order valence-corrected chi connectivity index (χ1v) is 9.79. The smallest absolute Gasteiger partial charge is 0.191 e. The van der Waals surface area contributed by atoms with Gasteiger partial charge in [0.25, 0.3) is 0 Å². The van der Waals surface area contributed by atoms with Gasteiger partial charge in [0, 0.05) is 24.1 Å². The van der Waals surface area contributed by atoms with E-state index in [2.05, 4.69) is 15.1 Å². The molecule has 144 valence electrons. The Labute approximate surface area is 168 Å². The Morgan fingerprint density at radius 2 is 2.00 bits per heavy atom. The molecule has 0 fully saturated rings. The van der Waals surface area contributed by atoms with Crippen molar-refractivity contribution in [1.82, 2.24) is 19.7 Å². The third-order valence-corrected chi connectivity index (χ3v) is 5.29. The molecule has 0 amide bonds. The average molecular weight is 421 g/mol. The van der Waals surface area contributed by atoms with E-state index in [4.69, 9.17) is 16.3 Å². The minimum absolute atomic E-state index is 0.218. The van der Waals surface area contributed by atoms with Gasteiger partial charge in [0.15, 0.2) is 11.6 Å². The van der Waals surface area contributed by atoms with Crippen molar-refractivity contribution in [3.05, 3.63) is 52.4 Å². The van der Waals surface area contributed by atoms with Gasteiger partial charge < -0.3 is 4.74 Å². The lowest BCUT2D eigenvalue weighted by atomic mass is 10.2. The highest BCUT2D eigenvalue weighted by atomic mass is 35.5. The van der Waals surface area contributed by atoms with E-state index < -0.39 is 11.6 Å². The Morgan fingerprint density at radius 1 is 1.14 bits per heavy atom. The second kappa shape index (κ2) is 7.90. The number of aromatic nitrogens is 4. The fraction of sp³-hybridized carbons (Fsp3) is 0.211. The maximum atomic E-state index is 14.0. The quantitative estimate of drug-likeness (QED) is 0.403. The highest BCUT2D eigenvalue weighted by Gasteiger charge is 2.17. The van der Waals surface area contributed by atoms with Gasteiger partial charge in [-0.05, 0) is 31.2 Å². The van der Waals surface area contributed by atoms with Crippen LogP contribution in [0.15, 0.2) is 36.4 Å². The molecule has 0 N–H and O–H groups in total. The summed E-state index contributed by atoms with van der Waals surface area (Å²) in [5.41, 5.74) is 0.686. The van der Waals surface area contributed by atoms with Crippen molar-refractivity contribution in [3.63, 3.8) is 0 Å². The standard InChI is InChI=1S/C19H15ClF2N4OS/c1-2-27-8-7-26-19(24-18(25-26)16-5-6-17(20)28-16)14-4-3-12-13(22)9-11(21)10-15(12)23-14/h3-6,9-10H,2,7-8H2,1H3. The van der Waals surface area contributed by atoms with E-state index in [1.54, 1.807) is 22.9 Å². The average Bonchev–Trinajstić information content (AvgIpc) is 3.27. The zero-order valence-electron chi connectivity index (χ0n) is 14.8. The number of nitrogens with zero attached hydrogens (tertiary/aromatic N) is 4. The molecule has 0 saturated heterocycles. The Balaban J connectivity index is 1.80. The molecule has 0 radical (unpaired) electrons. The van der Waals surface area contributed by atoms with Crippen LogP contribution >= 0.6 is 22.9 Å². The summed E-state index contributed by atoms with van der Waals surface area (Å²) in [5, 5.41) is 4.79. The Hall–Kier alpha value is -2.42. The van der Waals surface area contributed by atoms with E-state index in [9.17, 15) is 8.78 Å². The predicted octanol–water partition coefficient (Wildman–Crippen LogP) is 5.19. The number of hydrogen-bond acceptors (Lipinski definition) is 5. The molecule has 0 bridgehead atoms. The summed E-state index contributed by atoms with van der Waals surface area (Å²) in [6, 6.07) is 8.88. The van der Waals surface area contributed by atoms with E-state index in [0.29, 0.717) is 41.4 Å². The van der Waals surface area contributed by atoms with Crippen LogP contribution in [0.3, 0.4) is 0 Å². The normalized spacial score (nSPS) is 11.4. The van der Waals surface area contributed by atoms with Crippen LogP contribution in [-0.4, -0.2) is 33.0 Å². The summed E-state index contributed by atoms with van der Waals surface area (Å²) < 4.78 is 35.3. The molecule has 0 aliphatic heterocycles. The maximum Gasteiger partial charge on any atom is 0.191 e. The second-order valence-corrected chi connectivity index (χ2v) is 7.65. The lowest BCUT2D eigenvalue weighted by Gasteiger charge is -2.07. The van der Waals surface area contributed by atoms with Gasteiger partial charge in [0.2, 0.25) is 0 Å². The topological polar surface area (TPSA) is 52.8 Å². The van der Waals surface area contributed by atoms with Gasteiger partial charge >= 0.3 is 0 Å². The van der Waals surface area contributed by atoms with Crippen molar-refractivity contribution in [2.75, 3.05) is 13.2 Å². The minimum atomic E-state index is -0.679. The number of ether oxygens (including phenoxy) is 1. The number of pyridine rings is 1. The van der Waals surface area contributed by atoms with Crippen LogP contribution in [0.1, 0.15) is 6.92 Å². The first kappa shape index (κ1) is 18.9. The summed E-state index contributed by atoms with van der Waals surface area (Å²) in [6.07, 6.45) is 0. The summed E-state index contributed by atoms with van der Waals surface area (Å²) in [6.45, 7) is 3.42. The highest BCUT2D eigenvalue weighted by Crippen LogP contribution is 2.31. The maximum absolute atomic E-state index is 14.0. The van der Waals surface area contributed by atoms with Crippen molar-refractivity contribution in [2.45, 2.75) is 13.5 Å². The van der Waals surface area contributed by atoms with Gasteiger partial charge in [0.1, 0.15) is 17.3 Å². The van der Waals surface area contributed by atoms with E-state index in [-0.39, 0.29) is 10.9 Å². The van der Waals surface area contributed by atoms with E-state index in [1.165, 1.54) is 17.4 Å². The number of hydrogen-bond donors (Lipinski definition) is 0. The SMILES string of the molecule is CCOCCn1nc(-c2ccc(Cl)s2)nc1-c1ccc2c(F)cc(F)cc2n1. The summed E-state index contributed by atoms with van der Waals surface area (Å²) in [7, 11) is 0. The van der Waals surface area contributed by atoms with Crippen LogP contribution in [0, 0.1) is 11.6 Å². The van der Waals surface area contributed by atoms with Gasteiger partial charge in [-0.25, -0.2) is 23.4 Å². The van der Waals surface area contributed by atoms with Gasteiger partial charge in [-0.2, -0.15) is 0 Å². The Bertz CT molecular complexity index is 1140. The largest absolute Gasteiger partial charge is 0.380 e. The minimum Gasteiger partial charge on any atom is -0.380 e. The summed E-state index contributed by atoms with van der Waals surface area (Å²) >= 11 is 7.39. The molecule has 4 rings (SSSR count). The monoisotopic (exact) mass is 420 g/mol. The van der Waals surface area contributed by atoms with Crippen molar-refractivity contribution in [1.29, 1.82) is 0 Å². The molecular weight excluding hydrogens is 406 g/mol. The lowest BCUT2D eigenvalue weighted by Crippen LogP contribution is -2.09. The van der Waals surface area contributed by atoms with Gasteiger partial charge in [0.05, 0.1) is 27.9 Å². The Kier molecular flexibility index (Phi) is 5.34. The molecule has 0 atom stereocenters. The third-order valence-electron chi connectivity index (χ3n) is 4.07. The van der Waals surface area contributed by atoms with Crippen LogP contribution < -0.4 is 0 Å². The molecule has 3 aromatic heterocycles. The highest BCUT2D eigenvalue weighted by molar-refractivity contribution is 7.19. The van der Waals surface area contributed by atoms with E-state index in [0.717, 1.165) is 10.9 Å². The molecule has 3 heterocycles. The van der Waals surface area contributed by atoms with Gasteiger partial charge in [-0.1, -0.05) is 11.6 Å². The number of halogens is 3. The predicted molar refractivity (Wildman–Crippen MR) is 105 cm³/mol. The van der Waals surface area contributed by atoms with Crippen LogP contribution in [0.25, 0.3) is 33.1 Å². The van der Waals surface area contributed by atoms with E-state index >= 15 is 0 Å². The molecule has 0 spiro atoms. The second-order valence-electron chi connectivity index (χ2n) is 5.93. The number of thiophene rings is 1. The molecule has 1 aromatic carbocycles. The zero-order chi connectivity index (χ0) is 19.7. The molecule has 5 nitrogen and oxygen atoms in total. The number of rotatable bonds is 6. The zero-order valence-corrected chi connectivity index (χ0v) is 16.4. The van der Waals surface area contributed by atoms with Crippen molar-refractivity contribution in [3.8, 4) is 22.2 Å². The van der Waals surface area contributed by atoms with Crippen LogP contribution in [0.4, 0.5) is 8.78 Å². The van der Waals surface area contributed by atoms with Crippen LogP contribution in [-0.2, 0) is 11.3 Å². The number of benzene rings is 1. The lowest BCUT2D eigenvalue weighted by molar-refractivity contribution is 0.136. The van der Waals surface area contributed by atoms with E-state index in [1.807, 2.05) is 13.0 Å². The van der Waals surface area contributed by atoms with Crippen molar-refractivity contribution >= 4 is 33.8 Å². The van der Waals surface area contributed by atoms with Crippen molar-refractivity contribution < 1.29 is 13.5 Å². The fourth-order valence-corrected chi connectivity index (χ4v) is 3.78. The van der Waals surface area contributed by atoms with Crippen LogP contribution in [0.5, 0.6) is 0 Å². The summed E-state index contributed by atoms with van der Waals surface area (Å²) in [5.74, 6) is -0.330. The molecule has 0 saturated carbocycles. The van der Waals surface area contributed by atoms with Gasteiger partial charge in [-0.15, -0.1) is 16.4 Å². The molecule has 0 aliphatic rings. The third kappa shape index (κ3) is 3.76. The first-order chi connectivity index (χ1) is 13.5. The molecule has 4 aromatic rings. The summed E-state index contributed by atoms with van der Waals surface area (Å²) in [4.78, 5) is 9.81. The van der Waals surface area contributed by atoms with Crippen LogP contribution in [0.2, 0.25) is 4.34 Å². The molecule has 0 aliphatic carbocycles. The fourth-order valence-electron chi connectivity index (χ4n) is 2.80. The number of fused-ring (bicyclic) bond motifs is 1. The van der Waals surface area contributed by atoms with Crippen molar-refractivity contribution in [2.24, 2.45) is 0 Å².